The van der Waals surface area contributed by atoms with Crippen LogP contribution in [0.5, 0.6) is 5.75 Å². The maximum atomic E-state index is 12.6. The summed E-state index contributed by atoms with van der Waals surface area (Å²) in [6.45, 7) is -0.298. The Morgan fingerprint density at radius 3 is 2.67 bits per heavy atom. The van der Waals surface area contributed by atoms with E-state index in [9.17, 15) is 8.78 Å². The zero-order chi connectivity index (χ0) is 15.4. The monoisotopic (exact) mass is 360 g/mol. The molecule has 0 saturated carbocycles. The first-order valence-electron chi connectivity index (χ1n) is 6.36. The summed E-state index contributed by atoms with van der Waals surface area (Å²) >= 11 is 3.34. The third-order valence-corrected chi connectivity index (χ3v) is 3.52. The van der Waals surface area contributed by atoms with Crippen LogP contribution >= 0.6 is 15.9 Å². The van der Waals surface area contributed by atoms with Crippen LogP contribution < -0.4 is 10.1 Å². The van der Waals surface area contributed by atoms with Crippen molar-refractivity contribution < 1.29 is 13.5 Å². The lowest BCUT2D eigenvalue weighted by Gasteiger charge is -2.21. The first-order chi connectivity index (χ1) is 10.0. The summed E-state index contributed by atoms with van der Waals surface area (Å²) in [6, 6.07) is 6.32. The normalized spacial score (nSPS) is 12.7. The molecule has 5 nitrogen and oxygen atoms in total. The molecule has 0 aliphatic rings. The van der Waals surface area contributed by atoms with Gasteiger partial charge in [0.2, 0.25) is 0 Å². The molecule has 21 heavy (non-hydrogen) atoms. The zero-order valence-electron chi connectivity index (χ0n) is 11.6. The van der Waals surface area contributed by atoms with Gasteiger partial charge in [-0.2, -0.15) is 8.78 Å². The summed E-state index contributed by atoms with van der Waals surface area (Å²) < 4.78 is 31.9. The van der Waals surface area contributed by atoms with Crippen LogP contribution in [0.2, 0.25) is 0 Å². The van der Waals surface area contributed by atoms with Gasteiger partial charge in [0.25, 0.3) is 0 Å². The number of nitrogens with zero attached hydrogens (tertiary/aromatic N) is 3. The van der Waals surface area contributed by atoms with Gasteiger partial charge < -0.3 is 10.1 Å². The summed E-state index contributed by atoms with van der Waals surface area (Å²) in [5, 5.41) is 11.1. The molecular weight excluding hydrogens is 346 g/mol. The molecule has 0 saturated heterocycles. The number of aromatic nitrogens is 3. The summed E-state index contributed by atoms with van der Waals surface area (Å²) in [7, 11) is 1.74. The van der Waals surface area contributed by atoms with Crippen molar-refractivity contribution in [2.45, 2.75) is 19.6 Å². The van der Waals surface area contributed by atoms with Crippen LogP contribution in [0.1, 0.15) is 24.2 Å². The van der Waals surface area contributed by atoms with Crippen LogP contribution in [-0.4, -0.2) is 28.2 Å². The van der Waals surface area contributed by atoms with Crippen molar-refractivity contribution in [3.8, 4) is 5.75 Å². The van der Waals surface area contributed by atoms with Gasteiger partial charge in [0.1, 0.15) is 5.75 Å². The van der Waals surface area contributed by atoms with Gasteiger partial charge in [-0.25, -0.2) is 4.68 Å². The lowest BCUT2D eigenvalue weighted by atomic mass is 10.0. The molecule has 0 aliphatic heterocycles. The molecule has 0 spiro atoms. The fourth-order valence-electron chi connectivity index (χ4n) is 2.13. The number of ether oxygens (including phenoxy) is 1. The molecule has 0 amide bonds. The molecular formula is C13H15BrF2N4O. The first kappa shape index (κ1) is 15.8. The molecule has 1 N–H and O–H groups in total. The Hall–Kier alpha value is -1.54. The number of aryl methyl sites for hydroxylation is 1. The van der Waals surface area contributed by atoms with Crippen LogP contribution in [0, 0.1) is 0 Å². The smallest absolute Gasteiger partial charge is 0.387 e. The topological polar surface area (TPSA) is 52.0 Å². The maximum absolute atomic E-state index is 12.6. The fourth-order valence-corrected chi connectivity index (χ4v) is 2.68. The minimum atomic E-state index is -2.87. The molecule has 1 atom stereocenters. The standard InChI is InChI=1S/C13H15BrF2N4O/c1-3-17-10(11-12(14)18-19-20(11)2)8-6-4-5-7-9(8)21-13(15)16/h4-7,10,13,17H,3H2,1-2H3. The number of rotatable bonds is 6. The zero-order valence-corrected chi connectivity index (χ0v) is 13.1. The van der Waals surface area contributed by atoms with Gasteiger partial charge in [0.15, 0.2) is 4.60 Å². The van der Waals surface area contributed by atoms with Gasteiger partial charge in [-0.3, -0.25) is 0 Å². The number of hydrogen-bond acceptors (Lipinski definition) is 4. The average molecular weight is 361 g/mol. The number of halogens is 3. The Kier molecular flexibility index (Phi) is 5.24. The molecule has 0 bridgehead atoms. The number of hydrogen-bond donors (Lipinski definition) is 1. The summed E-state index contributed by atoms with van der Waals surface area (Å²) in [5.41, 5.74) is 1.34. The Bertz CT molecular complexity index is 586. The van der Waals surface area contributed by atoms with Gasteiger partial charge in [-0.1, -0.05) is 30.3 Å². The molecule has 1 aromatic carbocycles. The van der Waals surface area contributed by atoms with Crippen LogP contribution in [0.3, 0.4) is 0 Å². The maximum Gasteiger partial charge on any atom is 0.387 e. The number of para-hydroxylation sites is 1. The summed E-state index contributed by atoms with van der Waals surface area (Å²) in [5.74, 6) is 0.131. The number of alkyl halides is 2. The van der Waals surface area contributed by atoms with Gasteiger partial charge in [0.05, 0.1) is 11.7 Å². The van der Waals surface area contributed by atoms with Crippen molar-refractivity contribution in [2.75, 3.05) is 6.54 Å². The number of nitrogens with one attached hydrogen (secondary N) is 1. The third kappa shape index (κ3) is 3.56. The first-order valence-corrected chi connectivity index (χ1v) is 7.16. The molecule has 2 rings (SSSR count). The molecule has 0 aliphatic carbocycles. The van der Waals surface area contributed by atoms with Crippen molar-refractivity contribution >= 4 is 15.9 Å². The van der Waals surface area contributed by atoms with E-state index in [1.165, 1.54) is 6.07 Å². The summed E-state index contributed by atoms with van der Waals surface area (Å²) in [6.07, 6.45) is 0. The van der Waals surface area contributed by atoms with Gasteiger partial charge in [0, 0.05) is 12.6 Å². The Morgan fingerprint density at radius 1 is 1.38 bits per heavy atom. The molecule has 1 heterocycles. The minimum absolute atomic E-state index is 0.131. The van der Waals surface area contributed by atoms with E-state index in [1.807, 2.05) is 6.92 Å². The fraction of sp³-hybridized carbons (Fsp3) is 0.385. The van der Waals surface area contributed by atoms with E-state index in [0.29, 0.717) is 16.7 Å². The Labute approximate surface area is 129 Å². The second-order valence-corrected chi connectivity index (χ2v) is 5.05. The van der Waals surface area contributed by atoms with Crippen LogP contribution in [-0.2, 0) is 7.05 Å². The highest BCUT2D eigenvalue weighted by molar-refractivity contribution is 9.10. The number of benzene rings is 1. The van der Waals surface area contributed by atoms with Crippen molar-refractivity contribution in [3.63, 3.8) is 0 Å². The SMILES string of the molecule is CCNC(c1ccccc1OC(F)F)c1c(Br)nnn1C. The average Bonchev–Trinajstić information content (AvgIpc) is 2.76. The molecule has 0 radical (unpaired) electrons. The third-order valence-electron chi connectivity index (χ3n) is 2.95. The van der Waals surface area contributed by atoms with E-state index in [-0.39, 0.29) is 11.8 Å². The molecule has 2 aromatic rings. The molecule has 1 aromatic heterocycles. The second-order valence-electron chi connectivity index (χ2n) is 4.30. The van der Waals surface area contributed by atoms with E-state index in [4.69, 9.17) is 0 Å². The minimum Gasteiger partial charge on any atom is -0.434 e. The lowest BCUT2D eigenvalue weighted by molar-refractivity contribution is -0.0506. The largest absolute Gasteiger partial charge is 0.434 e. The van der Waals surface area contributed by atoms with Crippen LogP contribution in [0.15, 0.2) is 28.9 Å². The molecule has 8 heteroatoms. The van der Waals surface area contributed by atoms with Crippen molar-refractivity contribution in [3.05, 3.63) is 40.1 Å². The van der Waals surface area contributed by atoms with E-state index in [1.54, 1.807) is 29.9 Å². The molecule has 114 valence electrons. The van der Waals surface area contributed by atoms with E-state index >= 15 is 0 Å². The molecule has 1 unspecified atom stereocenters. The quantitative estimate of drug-likeness (QED) is 0.860. The van der Waals surface area contributed by atoms with E-state index in [0.717, 1.165) is 5.69 Å². The highest BCUT2D eigenvalue weighted by Gasteiger charge is 2.24. The molecule has 0 fully saturated rings. The van der Waals surface area contributed by atoms with Gasteiger partial charge in [-0.15, -0.1) is 5.10 Å². The van der Waals surface area contributed by atoms with Crippen molar-refractivity contribution in [1.29, 1.82) is 0 Å². The lowest BCUT2D eigenvalue weighted by Crippen LogP contribution is -2.25. The Morgan fingerprint density at radius 2 is 2.10 bits per heavy atom. The van der Waals surface area contributed by atoms with Crippen molar-refractivity contribution in [2.24, 2.45) is 7.05 Å². The highest BCUT2D eigenvalue weighted by Crippen LogP contribution is 2.33. The summed E-state index contributed by atoms with van der Waals surface area (Å²) in [4.78, 5) is 0. The van der Waals surface area contributed by atoms with Gasteiger partial charge in [-0.05, 0) is 28.5 Å². The predicted molar refractivity (Wildman–Crippen MR) is 77.3 cm³/mol. The second kappa shape index (κ2) is 6.95. The Balaban J connectivity index is 2.48. The van der Waals surface area contributed by atoms with E-state index in [2.05, 4.69) is 36.3 Å². The van der Waals surface area contributed by atoms with Gasteiger partial charge >= 0.3 is 6.61 Å². The highest BCUT2D eigenvalue weighted by atomic mass is 79.9. The van der Waals surface area contributed by atoms with Crippen molar-refractivity contribution in [1.82, 2.24) is 20.3 Å². The predicted octanol–water partition coefficient (Wildman–Crippen LogP) is 2.88. The van der Waals surface area contributed by atoms with Crippen LogP contribution in [0.25, 0.3) is 0 Å². The van der Waals surface area contributed by atoms with Crippen LogP contribution in [0.4, 0.5) is 8.78 Å². The van der Waals surface area contributed by atoms with E-state index < -0.39 is 6.61 Å².